The topological polar surface area (TPSA) is 39.7 Å². The van der Waals surface area contributed by atoms with Gasteiger partial charge in [0.25, 0.3) is 0 Å². The number of rotatable bonds is 5. The predicted molar refractivity (Wildman–Crippen MR) is 107 cm³/mol. The van der Waals surface area contributed by atoms with Gasteiger partial charge in [-0.05, 0) is 37.0 Å². The Hall–Kier alpha value is -2.59. The van der Waals surface area contributed by atoms with Crippen LogP contribution in [0.25, 0.3) is 0 Å². The molecule has 0 aromatic heterocycles. The molecule has 2 aromatic rings. The van der Waals surface area contributed by atoms with Crippen LogP contribution in [0.1, 0.15) is 35.6 Å². The van der Waals surface area contributed by atoms with Crippen LogP contribution in [0.3, 0.4) is 0 Å². The predicted octanol–water partition coefficient (Wildman–Crippen LogP) is 3.72. The van der Waals surface area contributed by atoms with Gasteiger partial charge in [0, 0.05) is 13.1 Å². The fourth-order valence-corrected chi connectivity index (χ4v) is 3.72. The molecule has 26 heavy (non-hydrogen) atoms. The lowest BCUT2D eigenvalue weighted by Gasteiger charge is -2.31. The van der Waals surface area contributed by atoms with Crippen molar-refractivity contribution in [3.8, 4) is 0 Å². The number of aryl methyl sites for hydroxylation is 1. The molecule has 0 aliphatic carbocycles. The zero-order valence-electron chi connectivity index (χ0n) is 15.2. The minimum atomic E-state index is 0.00424. The van der Waals surface area contributed by atoms with E-state index in [0.29, 0.717) is 6.04 Å². The van der Waals surface area contributed by atoms with Gasteiger partial charge in [0.05, 0.1) is 12.4 Å². The first-order valence-electron chi connectivity index (χ1n) is 9.40. The molecule has 1 fully saturated rings. The minimum Gasteiger partial charge on any atom is -0.351 e. The van der Waals surface area contributed by atoms with Crippen molar-refractivity contribution < 1.29 is 0 Å². The van der Waals surface area contributed by atoms with Crippen LogP contribution in [0, 0.1) is 6.92 Å². The van der Waals surface area contributed by atoms with Crippen LogP contribution >= 0.6 is 0 Å². The molecule has 2 heterocycles. The number of nitrogens with one attached hydrogen (secondary N) is 2. The first kappa shape index (κ1) is 16.9. The van der Waals surface area contributed by atoms with Crippen molar-refractivity contribution in [2.24, 2.45) is 4.99 Å². The standard InChI is InChI=1S/C22H26N4/c1-17-9-11-18(12-10-17)15-23-21-14-22(25-16-24-21)26-13-5-8-20(26)19-6-3-2-4-7-19/h2-4,6-7,9-12,14,16,20-21,23H,5,8,13,15H2,1H3,(H,24,25). The highest BCUT2D eigenvalue weighted by molar-refractivity contribution is 5.59. The van der Waals surface area contributed by atoms with E-state index in [1.165, 1.54) is 29.5 Å². The zero-order valence-corrected chi connectivity index (χ0v) is 15.2. The number of benzene rings is 2. The summed E-state index contributed by atoms with van der Waals surface area (Å²) in [6, 6.07) is 19.9. The van der Waals surface area contributed by atoms with Gasteiger partial charge in [-0.15, -0.1) is 0 Å². The van der Waals surface area contributed by atoms with Crippen molar-refractivity contribution in [1.29, 1.82) is 0 Å². The van der Waals surface area contributed by atoms with Crippen molar-refractivity contribution in [3.05, 3.63) is 83.2 Å². The van der Waals surface area contributed by atoms with E-state index in [1.807, 2.05) is 6.34 Å². The maximum atomic E-state index is 4.53. The summed E-state index contributed by atoms with van der Waals surface area (Å²) in [6.07, 6.45) is 6.45. The molecular formula is C22H26N4. The summed E-state index contributed by atoms with van der Waals surface area (Å²) >= 11 is 0. The molecule has 4 heteroatoms. The third kappa shape index (κ3) is 3.81. The Balaban J connectivity index is 1.44. The van der Waals surface area contributed by atoms with E-state index in [-0.39, 0.29) is 6.17 Å². The normalized spacial score (nSPS) is 22.2. The Labute approximate surface area is 155 Å². The second-order valence-corrected chi connectivity index (χ2v) is 7.05. The fraction of sp³-hybridized carbons (Fsp3) is 0.318. The summed E-state index contributed by atoms with van der Waals surface area (Å²) < 4.78 is 0. The third-order valence-electron chi connectivity index (χ3n) is 5.15. The van der Waals surface area contributed by atoms with E-state index in [1.54, 1.807) is 0 Å². The summed E-state index contributed by atoms with van der Waals surface area (Å²) in [5.74, 6) is 1.16. The first-order chi connectivity index (χ1) is 12.8. The van der Waals surface area contributed by atoms with Crippen molar-refractivity contribution in [2.45, 2.75) is 38.5 Å². The highest BCUT2D eigenvalue weighted by Gasteiger charge is 2.28. The Kier molecular flexibility index (Phi) is 5.02. The van der Waals surface area contributed by atoms with Crippen molar-refractivity contribution >= 4 is 6.34 Å². The van der Waals surface area contributed by atoms with Gasteiger partial charge in [0.1, 0.15) is 12.0 Å². The molecule has 0 spiro atoms. The van der Waals surface area contributed by atoms with Crippen molar-refractivity contribution in [2.75, 3.05) is 6.54 Å². The van der Waals surface area contributed by atoms with Crippen LogP contribution < -0.4 is 10.6 Å². The second kappa shape index (κ2) is 7.75. The second-order valence-electron chi connectivity index (χ2n) is 7.05. The summed E-state index contributed by atoms with van der Waals surface area (Å²) in [6.45, 7) is 4.01. The van der Waals surface area contributed by atoms with Gasteiger partial charge in [-0.25, -0.2) is 0 Å². The number of likely N-dealkylation sites (tertiary alicyclic amines) is 1. The van der Waals surface area contributed by atoms with Crippen LogP contribution in [0.15, 0.2) is 71.5 Å². The lowest BCUT2D eigenvalue weighted by molar-refractivity contribution is 0.310. The van der Waals surface area contributed by atoms with E-state index in [9.17, 15) is 0 Å². The number of nitrogens with zero attached hydrogens (tertiary/aromatic N) is 2. The van der Waals surface area contributed by atoms with Gasteiger partial charge in [-0.2, -0.15) is 0 Å². The molecule has 2 aliphatic heterocycles. The molecule has 2 aliphatic rings. The molecule has 2 unspecified atom stereocenters. The highest BCUT2D eigenvalue weighted by Crippen LogP contribution is 2.34. The van der Waals surface area contributed by atoms with Gasteiger partial charge in [0.2, 0.25) is 0 Å². The van der Waals surface area contributed by atoms with E-state index in [2.05, 4.69) is 88.1 Å². The quantitative estimate of drug-likeness (QED) is 0.867. The van der Waals surface area contributed by atoms with Gasteiger partial charge < -0.3 is 10.2 Å². The molecule has 4 nitrogen and oxygen atoms in total. The van der Waals surface area contributed by atoms with Crippen LogP contribution in [0.2, 0.25) is 0 Å². The highest BCUT2D eigenvalue weighted by atomic mass is 15.3. The SMILES string of the molecule is Cc1ccc(CNC2C=C(N3CCCC3c3ccccc3)NC=N2)cc1. The molecule has 0 amide bonds. The van der Waals surface area contributed by atoms with Crippen LogP contribution in [-0.2, 0) is 6.54 Å². The Morgan fingerprint density at radius 3 is 2.73 bits per heavy atom. The number of aliphatic imine (C=N–C) groups is 1. The Morgan fingerprint density at radius 1 is 1.12 bits per heavy atom. The number of hydrogen-bond acceptors (Lipinski definition) is 4. The first-order valence-corrected chi connectivity index (χ1v) is 9.40. The summed E-state index contributed by atoms with van der Waals surface area (Å²) in [7, 11) is 0. The molecule has 0 saturated carbocycles. The summed E-state index contributed by atoms with van der Waals surface area (Å²) in [4.78, 5) is 7.00. The van der Waals surface area contributed by atoms with Gasteiger partial charge >= 0.3 is 0 Å². The van der Waals surface area contributed by atoms with Crippen molar-refractivity contribution in [3.63, 3.8) is 0 Å². The van der Waals surface area contributed by atoms with Gasteiger partial charge in [0.15, 0.2) is 0 Å². The molecular weight excluding hydrogens is 320 g/mol. The smallest absolute Gasteiger partial charge is 0.124 e. The summed E-state index contributed by atoms with van der Waals surface area (Å²) in [5, 5.41) is 6.88. The number of hydrogen-bond donors (Lipinski definition) is 2. The molecule has 4 rings (SSSR count). The molecule has 2 atom stereocenters. The minimum absolute atomic E-state index is 0.00424. The lowest BCUT2D eigenvalue weighted by Crippen LogP contribution is -2.38. The third-order valence-corrected chi connectivity index (χ3v) is 5.15. The van der Waals surface area contributed by atoms with E-state index >= 15 is 0 Å². The van der Waals surface area contributed by atoms with Crippen molar-refractivity contribution in [1.82, 2.24) is 15.5 Å². The zero-order chi connectivity index (χ0) is 17.8. The lowest BCUT2D eigenvalue weighted by atomic mass is 10.0. The fourth-order valence-electron chi connectivity index (χ4n) is 3.72. The maximum absolute atomic E-state index is 4.53. The van der Waals surface area contributed by atoms with Gasteiger partial charge in [-0.1, -0.05) is 60.2 Å². The average molecular weight is 346 g/mol. The maximum Gasteiger partial charge on any atom is 0.124 e. The molecule has 1 saturated heterocycles. The Bertz CT molecular complexity index is 780. The monoisotopic (exact) mass is 346 g/mol. The van der Waals surface area contributed by atoms with Crippen LogP contribution in [0.5, 0.6) is 0 Å². The largest absolute Gasteiger partial charge is 0.351 e. The Morgan fingerprint density at radius 2 is 1.92 bits per heavy atom. The molecule has 2 N–H and O–H groups in total. The van der Waals surface area contributed by atoms with E-state index < -0.39 is 0 Å². The molecule has 134 valence electrons. The van der Waals surface area contributed by atoms with E-state index in [4.69, 9.17) is 0 Å². The van der Waals surface area contributed by atoms with Crippen LogP contribution in [0.4, 0.5) is 0 Å². The van der Waals surface area contributed by atoms with E-state index in [0.717, 1.165) is 18.9 Å². The van der Waals surface area contributed by atoms with Crippen LogP contribution in [-0.4, -0.2) is 23.9 Å². The summed E-state index contributed by atoms with van der Waals surface area (Å²) in [5.41, 5.74) is 3.96. The molecule has 2 aromatic carbocycles. The molecule has 0 bridgehead atoms. The average Bonchev–Trinajstić information content (AvgIpc) is 3.18. The van der Waals surface area contributed by atoms with Gasteiger partial charge in [-0.3, -0.25) is 10.3 Å². The molecule has 0 radical (unpaired) electrons.